The Morgan fingerprint density at radius 1 is 1.36 bits per heavy atom. The number of allylic oxidation sites excluding steroid dienone is 3. The summed E-state index contributed by atoms with van der Waals surface area (Å²) in [7, 11) is 1.78. The van der Waals surface area contributed by atoms with Gasteiger partial charge in [0.2, 0.25) is 0 Å². The molecule has 0 aliphatic rings. The lowest BCUT2D eigenvalue weighted by molar-refractivity contribution is 0.0951. The number of nitrogen functional groups attached to an aromatic ring is 1. The first-order valence-corrected chi connectivity index (χ1v) is 12.0. The molecule has 0 fully saturated rings. The van der Waals surface area contributed by atoms with Crippen LogP contribution in [0, 0.1) is 6.92 Å². The summed E-state index contributed by atoms with van der Waals surface area (Å²) in [6.45, 7) is 16.2. The molecule has 3 aromatic rings. The van der Waals surface area contributed by atoms with Crippen molar-refractivity contribution in [2.75, 3.05) is 25.9 Å². The standard InChI is InChI=1S/C26H32ClN7O2/c1-8-17(11-14(4)29-7)22-21-24(28)31-13-32-25(21)34(33-22)16(6)18-12-19(27)15(5)20(23(18)36-10-3)26(35)30-9-2/h8,11-13,16,29H,1,4,9-10H2,2-3,5-7H3,(H,30,35)(H2,28,31,32)/b17-11+. The van der Waals surface area contributed by atoms with Gasteiger partial charge in [-0.25, -0.2) is 14.6 Å². The van der Waals surface area contributed by atoms with Crippen LogP contribution in [0.15, 0.2) is 43.4 Å². The number of hydrogen-bond donors (Lipinski definition) is 3. The largest absolute Gasteiger partial charge is 0.493 e. The second-order valence-corrected chi connectivity index (χ2v) is 8.48. The van der Waals surface area contributed by atoms with E-state index in [-0.39, 0.29) is 11.7 Å². The van der Waals surface area contributed by atoms with Gasteiger partial charge in [-0.2, -0.15) is 5.10 Å². The zero-order chi connectivity index (χ0) is 26.6. The van der Waals surface area contributed by atoms with Crippen molar-refractivity contribution in [3.63, 3.8) is 0 Å². The van der Waals surface area contributed by atoms with E-state index in [1.54, 1.807) is 30.8 Å². The number of aromatic nitrogens is 4. The van der Waals surface area contributed by atoms with Crippen LogP contribution in [0.4, 0.5) is 5.82 Å². The Bertz CT molecular complexity index is 1360. The smallest absolute Gasteiger partial charge is 0.255 e. The molecule has 190 valence electrons. The van der Waals surface area contributed by atoms with Crippen molar-refractivity contribution in [1.29, 1.82) is 0 Å². The molecule has 10 heteroatoms. The summed E-state index contributed by atoms with van der Waals surface area (Å²) < 4.78 is 7.76. The number of ether oxygens (including phenoxy) is 1. The molecule has 3 rings (SSSR count). The Kier molecular flexibility index (Phi) is 8.37. The Balaban J connectivity index is 2.33. The van der Waals surface area contributed by atoms with Gasteiger partial charge in [0, 0.05) is 35.4 Å². The average molecular weight is 510 g/mol. The van der Waals surface area contributed by atoms with Gasteiger partial charge in [0.1, 0.15) is 23.6 Å². The lowest BCUT2D eigenvalue weighted by atomic mass is 9.98. The van der Waals surface area contributed by atoms with Crippen molar-refractivity contribution in [2.45, 2.75) is 33.7 Å². The number of halogens is 1. The van der Waals surface area contributed by atoms with E-state index in [1.165, 1.54) is 6.33 Å². The van der Waals surface area contributed by atoms with Crippen LogP contribution < -0.4 is 21.1 Å². The van der Waals surface area contributed by atoms with Gasteiger partial charge in [-0.3, -0.25) is 4.79 Å². The Labute approximate surface area is 216 Å². The lowest BCUT2D eigenvalue weighted by Gasteiger charge is -2.22. The fraction of sp³-hybridized carbons (Fsp3) is 0.308. The summed E-state index contributed by atoms with van der Waals surface area (Å²) in [6.07, 6.45) is 4.88. The number of amides is 1. The molecule has 9 nitrogen and oxygen atoms in total. The van der Waals surface area contributed by atoms with Crippen LogP contribution in [0.2, 0.25) is 5.02 Å². The van der Waals surface area contributed by atoms with E-state index in [0.29, 0.717) is 68.6 Å². The van der Waals surface area contributed by atoms with Crippen LogP contribution in [0.3, 0.4) is 0 Å². The fourth-order valence-corrected chi connectivity index (χ4v) is 4.17. The molecule has 0 saturated heterocycles. The molecule has 2 heterocycles. The fourth-order valence-electron chi connectivity index (χ4n) is 3.96. The molecule has 0 aliphatic carbocycles. The van der Waals surface area contributed by atoms with Gasteiger partial charge < -0.3 is 21.1 Å². The van der Waals surface area contributed by atoms with Crippen molar-refractivity contribution in [1.82, 2.24) is 30.4 Å². The zero-order valence-corrected chi connectivity index (χ0v) is 22.0. The highest BCUT2D eigenvalue weighted by atomic mass is 35.5. The minimum Gasteiger partial charge on any atom is -0.493 e. The average Bonchev–Trinajstić information content (AvgIpc) is 3.25. The number of hydrogen-bond acceptors (Lipinski definition) is 7. The number of nitrogens with zero attached hydrogens (tertiary/aromatic N) is 4. The van der Waals surface area contributed by atoms with E-state index >= 15 is 0 Å². The third-order valence-corrected chi connectivity index (χ3v) is 6.23. The number of fused-ring (bicyclic) bond motifs is 1. The molecule has 4 N–H and O–H groups in total. The number of likely N-dealkylation sites (N-methyl/N-ethyl adjacent to an activating group) is 1. The zero-order valence-electron chi connectivity index (χ0n) is 21.3. The summed E-state index contributed by atoms with van der Waals surface area (Å²) in [4.78, 5) is 21.7. The quantitative estimate of drug-likeness (QED) is 0.346. The molecule has 0 bridgehead atoms. The maximum Gasteiger partial charge on any atom is 0.255 e. The number of nitrogens with two attached hydrogens (primary N) is 1. The summed E-state index contributed by atoms with van der Waals surface area (Å²) in [6, 6.07) is 1.38. The Hall–Kier alpha value is -3.85. The number of anilines is 1. The van der Waals surface area contributed by atoms with Gasteiger partial charge in [-0.15, -0.1) is 0 Å². The first-order valence-electron chi connectivity index (χ1n) is 11.6. The van der Waals surface area contributed by atoms with Crippen molar-refractivity contribution in [3.8, 4) is 5.75 Å². The minimum absolute atomic E-state index is 0.255. The Morgan fingerprint density at radius 2 is 2.08 bits per heavy atom. The summed E-state index contributed by atoms with van der Waals surface area (Å²) in [5.74, 6) is 0.480. The molecule has 0 saturated carbocycles. The lowest BCUT2D eigenvalue weighted by Crippen LogP contribution is -2.25. The predicted octanol–water partition coefficient (Wildman–Crippen LogP) is 4.43. The first kappa shape index (κ1) is 26.7. The predicted molar refractivity (Wildman–Crippen MR) is 145 cm³/mol. The first-order chi connectivity index (χ1) is 17.2. The summed E-state index contributed by atoms with van der Waals surface area (Å²) in [5.41, 5.74) is 10.5. The van der Waals surface area contributed by atoms with E-state index in [9.17, 15) is 4.79 Å². The molecule has 2 aromatic heterocycles. The number of nitrogens with one attached hydrogen (secondary N) is 2. The Morgan fingerprint density at radius 3 is 2.69 bits per heavy atom. The normalized spacial score (nSPS) is 12.3. The molecule has 1 unspecified atom stereocenters. The molecule has 1 atom stereocenters. The topological polar surface area (TPSA) is 120 Å². The highest BCUT2D eigenvalue weighted by Gasteiger charge is 2.28. The van der Waals surface area contributed by atoms with Crippen LogP contribution in [0.25, 0.3) is 16.6 Å². The van der Waals surface area contributed by atoms with Crippen LogP contribution in [-0.2, 0) is 0 Å². The molecule has 1 aromatic carbocycles. The molecule has 36 heavy (non-hydrogen) atoms. The van der Waals surface area contributed by atoms with Crippen molar-refractivity contribution < 1.29 is 9.53 Å². The number of carbonyl (C=O) groups is 1. The molecule has 0 aliphatic heterocycles. The SMILES string of the molecule is C=C/C(=C\C(=C)NC)c1nn(C(C)c2cc(Cl)c(C)c(C(=O)NCC)c2OCC)c2ncnc(N)c12. The van der Waals surface area contributed by atoms with Gasteiger partial charge in [0.25, 0.3) is 5.91 Å². The molecule has 0 spiro atoms. The molecule has 0 radical (unpaired) electrons. The minimum atomic E-state index is -0.429. The van der Waals surface area contributed by atoms with E-state index < -0.39 is 6.04 Å². The van der Waals surface area contributed by atoms with Crippen LogP contribution >= 0.6 is 11.6 Å². The molecule has 1 amide bonds. The van der Waals surface area contributed by atoms with E-state index in [4.69, 9.17) is 27.2 Å². The van der Waals surface area contributed by atoms with Crippen LogP contribution in [-0.4, -0.2) is 45.9 Å². The van der Waals surface area contributed by atoms with Crippen molar-refractivity contribution in [2.24, 2.45) is 0 Å². The van der Waals surface area contributed by atoms with Crippen molar-refractivity contribution in [3.05, 3.63) is 70.8 Å². The van der Waals surface area contributed by atoms with Gasteiger partial charge >= 0.3 is 0 Å². The van der Waals surface area contributed by atoms with E-state index in [0.717, 1.165) is 0 Å². The number of benzene rings is 1. The van der Waals surface area contributed by atoms with Crippen molar-refractivity contribution >= 4 is 39.9 Å². The van der Waals surface area contributed by atoms with Crippen LogP contribution in [0.5, 0.6) is 5.75 Å². The van der Waals surface area contributed by atoms with Crippen LogP contribution in [0.1, 0.15) is 54.0 Å². The third kappa shape index (κ3) is 4.92. The van der Waals surface area contributed by atoms with E-state index in [2.05, 4.69) is 33.8 Å². The van der Waals surface area contributed by atoms with Gasteiger partial charge in [-0.05, 0) is 45.4 Å². The van der Waals surface area contributed by atoms with E-state index in [1.807, 2.05) is 26.8 Å². The highest BCUT2D eigenvalue weighted by molar-refractivity contribution is 6.32. The monoisotopic (exact) mass is 509 g/mol. The third-order valence-electron chi connectivity index (χ3n) is 5.84. The molecular formula is C26H32ClN7O2. The maximum absolute atomic E-state index is 13.0. The molecular weight excluding hydrogens is 478 g/mol. The second-order valence-electron chi connectivity index (χ2n) is 8.07. The van der Waals surface area contributed by atoms with Gasteiger partial charge in [-0.1, -0.05) is 30.8 Å². The maximum atomic E-state index is 13.0. The second kappa shape index (κ2) is 11.3. The highest BCUT2D eigenvalue weighted by Crippen LogP contribution is 2.39. The summed E-state index contributed by atoms with van der Waals surface area (Å²) in [5, 5.41) is 11.8. The summed E-state index contributed by atoms with van der Waals surface area (Å²) >= 11 is 6.61. The number of rotatable bonds is 10. The van der Waals surface area contributed by atoms with Gasteiger partial charge in [0.15, 0.2) is 5.65 Å². The van der Waals surface area contributed by atoms with Gasteiger partial charge in [0.05, 0.1) is 23.6 Å². The number of carbonyl (C=O) groups excluding carboxylic acids is 1.